The van der Waals surface area contributed by atoms with Crippen molar-refractivity contribution in [1.82, 2.24) is 0 Å². The molecule has 0 amide bonds. The molecule has 2 aliphatic rings. The summed E-state index contributed by atoms with van der Waals surface area (Å²) < 4.78 is 0. The molecule has 0 radical (unpaired) electrons. The van der Waals surface area contributed by atoms with E-state index in [0.29, 0.717) is 0 Å². The van der Waals surface area contributed by atoms with Gasteiger partial charge in [-0.05, 0) is 36.8 Å². The maximum absolute atomic E-state index is 3.64. The summed E-state index contributed by atoms with van der Waals surface area (Å²) in [6.45, 7) is 3.39. The Kier molecular flexibility index (Phi) is 3.09. The van der Waals surface area contributed by atoms with Crippen LogP contribution in [0.2, 0.25) is 0 Å². The molecule has 1 unspecified atom stereocenters. The predicted molar refractivity (Wildman–Crippen MR) is 73.4 cm³/mol. The van der Waals surface area contributed by atoms with Crippen LogP contribution in [0.25, 0.3) is 0 Å². The third-order valence-corrected chi connectivity index (χ3v) is 4.61. The van der Waals surface area contributed by atoms with Crippen molar-refractivity contribution in [2.75, 3.05) is 11.9 Å². The average Bonchev–Trinajstić information content (AvgIpc) is 2.39. The first-order valence-corrected chi connectivity index (χ1v) is 7.16. The van der Waals surface area contributed by atoms with Crippen LogP contribution in [0.5, 0.6) is 0 Å². The van der Waals surface area contributed by atoms with E-state index in [1.165, 1.54) is 56.3 Å². The van der Waals surface area contributed by atoms with E-state index in [1.54, 1.807) is 5.56 Å². The van der Waals surface area contributed by atoms with Crippen molar-refractivity contribution in [3.8, 4) is 0 Å². The Morgan fingerprint density at radius 1 is 1.06 bits per heavy atom. The molecule has 1 saturated carbocycles. The lowest BCUT2D eigenvalue weighted by atomic mass is 9.76. The Bertz CT molecular complexity index is 391. The van der Waals surface area contributed by atoms with E-state index in [4.69, 9.17) is 0 Å². The Morgan fingerprint density at radius 3 is 2.71 bits per heavy atom. The van der Waals surface area contributed by atoms with E-state index in [1.807, 2.05) is 0 Å². The molecule has 1 aromatic rings. The third kappa shape index (κ3) is 2.34. The van der Waals surface area contributed by atoms with Crippen LogP contribution in [-0.2, 0) is 6.42 Å². The highest BCUT2D eigenvalue weighted by Gasteiger charge is 2.27. The van der Waals surface area contributed by atoms with Gasteiger partial charge in [0.1, 0.15) is 0 Å². The van der Waals surface area contributed by atoms with Crippen LogP contribution >= 0.6 is 0 Å². The van der Waals surface area contributed by atoms with E-state index in [-0.39, 0.29) is 0 Å². The van der Waals surface area contributed by atoms with Gasteiger partial charge in [0.25, 0.3) is 0 Å². The van der Waals surface area contributed by atoms with Crippen LogP contribution in [0.3, 0.4) is 0 Å². The highest BCUT2D eigenvalue weighted by molar-refractivity contribution is 5.54. The van der Waals surface area contributed by atoms with E-state index in [9.17, 15) is 0 Å². The number of anilines is 1. The van der Waals surface area contributed by atoms with Crippen LogP contribution in [-0.4, -0.2) is 6.54 Å². The first-order chi connectivity index (χ1) is 8.33. The Balaban J connectivity index is 1.75. The number of hydrogen-bond acceptors (Lipinski definition) is 1. The smallest absolute Gasteiger partial charge is 0.0373 e. The maximum atomic E-state index is 3.64. The molecular weight excluding hydrogens is 206 g/mol. The van der Waals surface area contributed by atoms with Crippen LogP contribution < -0.4 is 5.32 Å². The molecule has 17 heavy (non-hydrogen) atoms. The minimum atomic E-state index is 0.879. The molecule has 1 N–H and O–H groups in total. The second kappa shape index (κ2) is 4.72. The molecule has 0 aromatic heterocycles. The van der Waals surface area contributed by atoms with Gasteiger partial charge < -0.3 is 5.32 Å². The highest BCUT2D eigenvalue weighted by Crippen LogP contribution is 2.36. The SMILES string of the molecule is Cc1ccc2c(c1)CC(C1CCCCC1)CN2. The molecule has 1 aromatic carbocycles. The molecule has 1 fully saturated rings. The molecule has 0 saturated heterocycles. The summed E-state index contributed by atoms with van der Waals surface area (Å²) in [4.78, 5) is 0. The van der Waals surface area contributed by atoms with Crippen LogP contribution in [0, 0.1) is 18.8 Å². The van der Waals surface area contributed by atoms with Crippen molar-refractivity contribution in [3.05, 3.63) is 29.3 Å². The van der Waals surface area contributed by atoms with Crippen molar-refractivity contribution in [3.63, 3.8) is 0 Å². The Morgan fingerprint density at radius 2 is 1.88 bits per heavy atom. The molecule has 0 bridgehead atoms. The van der Waals surface area contributed by atoms with Crippen LogP contribution in [0.1, 0.15) is 43.2 Å². The zero-order valence-electron chi connectivity index (χ0n) is 10.8. The maximum Gasteiger partial charge on any atom is 0.0373 e. The minimum Gasteiger partial charge on any atom is -0.385 e. The third-order valence-electron chi connectivity index (χ3n) is 4.61. The second-order valence-electron chi connectivity index (χ2n) is 5.90. The lowest BCUT2D eigenvalue weighted by Crippen LogP contribution is -2.30. The highest BCUT2D eigenvalue weighted by atomic mass is 14.9. The summed E-state index contributed by atoms with van der Waals surface area (Å²) in [5.41, 5.74) is 4.32. The normalized spacial score (nSPS) is 25.1. The first kappa shape index (κ1) is 11.1. The molecule has 1 heterocycles. The quantitative estimate of drug-likeness (QED) is 0.762. The molecule has 0 spiro atoms. The molecule has 3 rings (SSSR count). The van der Waals surface area contributed by atoms with Gasteiger partial charge in [0.05, 0.1) is 0 Å². The van der Waals surface area contributed by atoms with Crippen molar-refractivity contribution >= 4 is 5.69 Å². The fourth-order valence-corrected chi connectivity index (χ4v) is 3.60. The zero-order valence-corrected chi connectivity index (χ0v) is 10.8. The lowest BCUT2D eigenvalue weighted by Gasteiger charge is -2.34. The van der Waals surface area contributed by atoms with Gasteiger partial charge in [0.2, 0.25) is 0 Å². The van der Waals surface area contributed by atoms with Gasteiger partial charge >= 0.3 is 0 Å². The van der Waals surface area contributed by atoms with Gasteiger partial charge in [-0.3, -0.25) is 0 Å². The summed E-state index contributed by atoms with van der Waals surface area (Å²) >= 11 is 0. The number of nitrogens with one attached hydrogen (secondary N) is 1. The van der Waals surface area contributed by atoms with Gasteiger partial charge in [-0.1, -0.05) is 49.8 Å². The minimum absolute atomic E-state index is 0.879. The van der Waals surface area contributed by atoms with Gasteiger partial charge in [0, 0.05) is 12.2 Å². The van der Waals surface area contributed by atoms with E-state index < -0.39 is 0 Å². The van der Waals surface area contributed by atoms with Crippen LogP contribution in [0.4, 0.5) is 5.69 Å². The molecule has 1 heteroatoms. The fraction of sp³-hybridized carbons (Fsp3) is 0.625. The largest absolute Gasteiger partial charge is 0.385 e. The van der Waals surface area contributed by atoms with Crippen LogP contribution in [0.15, 0.2) is 18.2 Å². The average molecular weight is 229 g/mol. The number of hydrogen-bond donors (Lipinski definition) is 1. The number of aryl methyl sites for hydroxylation is 1. The molecule has 1 aliphatic heterocycles. The lowest BCUT2D eigenvalue weighted by molar-refractivity contribution is 0.252. The molecule has 1 atom stereocenters. The predicted octanol–water partition coefficient (Wildman–Crippen LogP) is 4.16. The number of fused-ring (bicyclic) bond motifs is 1. The Hall–Kier alpha value is -0.980. The molecule has 1 nitrogen and oxygen atoms in total. The first-order valence-electron chi connectivity index (χ1n) is 7.16. The monoisotopic (exact) mass is 229 g/mol. The topological polar surface area (TPSA) is 12.0 Å². The van der Waals surface area contributed by atoms with E-state index >= 15 is 0 Å². The van der Waals surface area contributed by atoms with Crippen molar-refractivity contribution < 1.29 is 0 Å². The Labute approximate surface area is 105 Å². The molecular formula is C16H23N. The summed E-state index contributed by atoms with van der Waals surface area (Å²) in [5, 5.41) is 3.64. The standard InChI is InChI=1S/C16H23N/c1-12-7-8-16-14(9-12)10-15(11-17-16)13-5-3-2-4-6-13/h7-9,13,15,17H,2-6,10-11H2,1H3. The van der Waals surface area contributed by atoms with E-state index in [2.05, 4.69) is 30.4 Å². The van der Waals surface area contributed by atoms with Gasteiger partial charge in [-0.2, -0.15) is 0 Å². The van der Waals surface area contributed by atoms with Crippen molar-refractivity contribution in [1.29, 1.82) is 0 Å². The molecule has 1 aliphatic carbocycles. The van der Waals surface area contributed by atoms with Gasteiger partial charge in [-0.15, -0.1) is 0 Å². The summed E-state index contributed by atoms with van der Waals surface area (Å²) in [7, 11) is 0. The zero-order chi connectivity index (χ0) is 11.7. The summed E-state index contributed by atoms with van der Waals surface area (Å²) in [6.07, 6.45) is 8.62. The van der Waals surface area contributed by atoms with Gasteiger partial charge in [-0.25, -0.2) is 0 Å². The summed E-state index contributed by atoms with van der Waals surface area (Å²) in [5.74, 6) is 1.86. The second-order valence-corrected chi connectivity index (χ2v) is 5.90. The molecule has 92 valence electrons. The number of rotatable bonds is 1. The fourth-order valence-electron chi connectivity index (χ4n) is 3.60. The van der Waals surface area contributed by atoms with Gasteiger partial charge in [0.15, 0.2) is 0 Å². The number of benzene rings is 1. The van der Waals surface area contributed by atoms with Crippen molar-refractivity contribution in [2.24, 2.45) is 11.8 Å². The summed E-state index contributed by atoms with van der Waals surface area (Å²) in [6, 6.07) is 6.84. The van der Waals surface area contributed by atoms with E-state index in [0.717, 1.165) is 11.8 Å². The van der Waals surface area contributed by atoms with Crippen molar-refractivity contribution in [2.45, 2.75) is 45.4 Å².